The molecule has 1 aliphatic rings. The van der Waals surface area contributed by atoms with E-state index in [0.717, 1.165) is 36.8 Å². The lowest BCUT2D eigenvalue weighted by molar-refractivity contribution is -0.114. The molecule has 1 aliphatic heterocycles. The number of carbonyl (C=O) groups is 1. The van der Waals surface area contributed by atoms with Gasteiger partial charge in [0.2, 0.25) is 5.91 Å². The highest BCUT2D eigenvalue weighted by Gasteiger charge is 2.10. The lowest BCUT2D eigenvalue weighted by Crippen LogP contribution is -2.35. The molecule has 2 N–H and O–H groups in total. The third kappa shape index (κ3) is 3.23. The molecule has 96 valence electrons. The lowest BCUT2D eigenvalue weighted by atomic mass is 10.2. The summed E-state index contributed by atoms with van der Waals surface area (Å²) in [5, 5.41) is 6.04. The van der Waals surface area contributed by atoms with Crippen LogP contribution in [0.5, 0.6) is 0 Å². The first-order valence-electron chi connectivity index (χ1n) is 6.01. The zero-order chi connectivity index (χ0) is 13.0. The predicted molar refractivity (Wildman–Crippen MR) is 72.5 cm³/mol. The van der Waals surface area contributed by atoms with Gasteiger partial charge in [-0.3, -0.25) is 9.79 Å². The Hall–Kier alpha value is -2.04. The summed E-state index contributed by atoms with van der Waals surface area (Å²) in [5.74, 6) is 0.892. The molecule has 0 fully saturated rings. The number of rotatable bonds is 3. The minimum absolute atomic E-state index is 0.0530. The summed E-state index contributed by atoms with van der Waals surface area (Å²) in [6, 6.07) is 7.79. The van der Waals surface area contributed by atoms with E-state index >= 15 is 0 Å². The monoisotopic (exact) mass is 246 g/mol. The van der Waals surface area contributed by atoms with Gasteiger partial charge >= 0.3 is 0 Å². The minimum Gasteiger partial charge on any atom is -0.352 e. The van der Waals surface area contributed by atoms with Crippen LogP contribution in [-0.2, 0) is 11.3 Å². The number of benzene rings is 1. The number of carbonyl (C=O) groups excluding carboxylic acids is 1. The molecule has 0 spiro atoms. The predicted octanol–water partition coefficient (Wildman–Crippen LogP) is 1.04. The van der Waals surface area contributed by atoms with Crippen LogP contribution in [0.25, 0.3) is 0 Å². The highest BCUT2D eigenvalue weighted by atomic mass is 16.1. The number of likely N-dealkylation sites (N-methyl/N-ethyl adjacent to an activating group) is 1. The summed E-state index contributed by atoms with van der Waals surface area (Å²) < 4.78 is 0. The molecule has 0 radical (unpaired) electrons. The van der Waals surface area contributed by atoms with Crippen molar-refractivity contribution in [3.8, 4) is 0 Å². The average Bonchev–Trinajstić information content (AvgIpc) is 2.73. The molecule has 5 heteroatoms. The van der Waals surface area contributed by atoms with Crippen molar-refractivity contribution in [1.29, 1.82) is 0 Å². The molecule has 0 atom stereocenters. The molecule has 1 heterocycles. The molecule has 0 aromatic heterocycles. The van der Waals surface area contributed by atoms with Gasteiger partial charge in [0.15, 0.2) is 5.96 Å². The van der Waals surface area contributed by atoms with Crippen molar-refractivity contribution in [2.24, 2.45) is 4.99 Å². The van der Waals surface area contributed by atoms with Crippen molar-refractivity contribution >= 4 is 17.6 Å². The fraction of sp³-hybridized carbons (Fsp3) is 0.385. The van der Waals surface area contributed by atoms with Gasteiger partial charge in [0.25, 0.3) is 0 Å². The number of nitrogens with one attached hydrogen (secondary N) is 2. The number of anilines is 1. The minimum atomic E-state index is -0.0530. The molecule has 0 saturated heterocycles. The molecule has 0 saturated carbocycles. The third-order valence-corrected chi connectivity index (χ3v) is 2.78. The van der Waals surface area contributed by atoms with Gasteiger partial charge in [-0.2, -0.15) is 0 Å². The van der Waals surface area contributed by atoms with Gasteiger partial charge in [-0.15, -0.1) is 0 Å². The van der Waals surface area contributed by atoms with Crippen LogP contribution in [0.4, 0.5) is 5.69 Å². The van der Waals surface area contributed by atoms with E-state index in [2.05, 4.69) is 20.5 Å². The molecule has 0 unspecified atom stereocenters. The van der Waals surface area contributed by atoms with E-state index in [9.17, 15) is 4.79 Å². The first kappa shape index (κ1) is 12.4. The zero-order valence-corrected chi connectivity index (χ0v) is 10.7. The SMILES string of the molecule is CC(=O)Nc1ccc(CNC2=NCCN2C)cc1. The van der Waals surface area contributed by atoms with Gasteiger partial charge in [-0.1, -0.05) is 12.1 Å². The van der Waals surface area contributed by atoms with Crippen molar-refractivity contribution in [1.82, 2.24) is 10.2 Å². The summed E-state index contributed by atoms with van der Waals surface area (Å²) in [7, 11) is 2.03. The normalized spacial score (nSPS) is 14.3. The van der Waals surface area contributed by atoms with Crippen LogP contribution in [0, 0.1) is 0 Å². The number of hydrogen-bond donors (Lipinski definition) is 2. The second-order valence-electron chi connectivity index (χ2n) is 4.36. The summed E-state index contributed by atoms with van der Waals surface area (Å²) >= 11 is 0. The van der Waals surface area contributed by atoms with Crippen LogP contribution in [0.1, 0.15) is 12.5 Å². The first-order chi connectivity index (χ1) is 8.65. The molecule has 1 amide bonds. The van der Waals surface area contributed by atoms with Crippen LogP contribution >= 0.6 is 0 Å². The Bertz CT molecular complexity index is 453. The van der Waals surface area contributed by atoms with E-state index in [1.54, 1.807) is 0 Å². The smallest absolute Gasteiger partial charge is 0.221 e. The van der Waals surface area contributed by atoms with Gasteiger partial charge in [-0.25, -0.2) is 0 Å². The molecule has 2 rings (SSSR count). The van der Waals surface area contributed by atoms with E-state index in [1.807, 2.05) is 31.3 Å². The van der Waals surface area contributed by atoms with E-state index in [0.29, 0.717) is 0 Å². The van der Waals surface area contributed by atoms with E-state index in [1.165, 1.54) is 6.92 Å². The van der Waals surface area contributed by atoms with Crippen LogP contribution in [0.3, 0.4) is 0 Å². The Balaban J connectivity index is 1.88. The largest absolute Gasteiger partial charge is 0.352 e. The number of amides is 1. The lowest BCUT2D eigenvalue weighted by Gasteiger charge is -2.15. The average molecular weight is 246 g/mol. The standard InChI is InChI=1S/C13H18N4O/c1-10(18)16-12-5-3-11(4-6-12)9-15-13-14-7-8-17(13)2/h3-6H,7-9H2,1-2H3,(H,14,15)(H,16,18). The number of guanidine groups is 1. The summed E-state index contributed by atoms with van der Waals surface area (Å²) in [6.07, 6.45) is 0. The number of nitrogens with zero attached hydrogens (tertiary/aromatic N) is 2. The summed E-state index contributed by atoms with van der Waals surface area (Å²) in [5.41, 5.74) is 1.98. The molecule has 18 heavy (non-hydrogen) atoms. The molecular formula is C13H18N4O. The van der Waals surface area contributed by atoms with E-state index in [4.69, 9.17) is 0 Å². The second-order valence-corrected chi connectivity index (χ2v) is 4.36. The molecule has 0 aliphatic carbocycles. The molecular weight excluding hydrogens is 228 g/mol. The van der Waals surface area contributed by atoms with Gasteiger partial charge in [0.05, 0.1) is 6.54 Å². The zero-order valence-electron chi connectivity index (χ0n) is 10.7. The topological polar surface area (TPSA) is 56.7 Å². The Kier molecular flexibility index (Phi) is 3.82. The van der Waals surface area contributed by atoms with Crippen molar-refractivity contribution in [3.63, 3.8) is 0 Å². The maximum atomic E-state index is 10.9. The van der Waals surface area contributed by atoms with E-state index in [-0.39, 0.29) is 5.91 Å². The van der Waals surface area contributed by atoms with Crippen LogP contribution < -0.4 is 10.6 Å². The first-order valence-corrected chi connectivity index (χ1v) is 6.01. The quantitative estimate of drug-likeness (QED) is 0.837. The maximum absolute atomic E-state index is 10.9. The van der Waals surface area contributed by atoms with Crippen molar-refractivity contribution < 1.29 is 4.79 Å². The summed E-state index contributed by atoms with van der Waals surface area (Å²) in [4.78, 5) is 17.4. The maximum Gasteiger partial charge on any atom is 0.221 e. The van der Waals surface area contributed by atoms with Crippen LogP contribution in [-0.4, -0.2) is 36.9 Å². The fourth-order valence-electron chi connectivity index (χ4n) is 1.81. The van der Waals surface area contributed by atoms with Crippen molar-refractivity contribution in [3.05, 3.63) is 29.8 Å². The third-order valence-electron chi connectivity index (χ3n) is 2.78. The Morgan fingerprint density at radius 3 is 2.67 bits per heavy atom. The molecule has 0 bridgehead atoms. The number of hydrogen-bond acceptors (Lipinski definition) is 4. The van der Waals surface area contributed by atoms with Gasteiger partial charge in [0, 0.05) is 32.7 Å². The van der Waals surface area contributed by atoms with Crippen molar-refractivity contribution in [2.75, 3.05) is 25.5 Å². The van der Waals surface area contributed by atoms with Crippen LogP contribution in [0.15, 0.2) is 29.3 Å². The number of aliphatic imine (C=N–C) groups is 1. The Labute approximate surface area is 107 Å². The highest BCUT2D eigenvalue weighted by molar-refractivity contribution is 5.88. The Morgan fingerprint density at radius 2 is 2.11 bits per heavy atom. The summed E-state index contributed by atoms with van der Waals surface area (Å²) in [6.45, 7) is 4.08. The Morgan fingerprint density at radius 1 is 1.39 bits per heavy atom. The second kappa shape index (κ2) is 5.53. The van der Waals surface area contributed by atoms with E-state index < -0.39 is 0 Å². The molecule has 5 nitrogen and oxygen atoms in total. The van der Waals surface area contributed by atoms with Crippen LogP contribution in [0.2, 0.25) is 0 Å². The highest BCUT2D eigenvalue weighted by Crippen LogP contribution is 2.09. The molecule has 1 aromatic carbocycles. The van der Waals surface area contributed by atoms with Gasteiger partial charge in [0.1, 0.15) is 0 Å². The van der Waals surface area contributed by atoms with Gasteiger partial charge in [-0.05, 0) is 17.7 Å². The van der Waals surface area contributed by atoms with Gasteiger partial charge < -0.3 is 15.5 Å². The molecule has 1 aromatic rings. The van der Waals surface area contributed by atoms with Crippen molar-refractivity contribution in [2.45, 2.75) is 13.5 Å². The fourth-order valence-corrected chi connectivity index (χ4v) is 1.81.